The van der Waals surface area contributed by atoms with Crippen LogP contribution in [0.5, 0.6) is 11.5 Å². The summed E-state index contributed by atoms with van der Waals surface area (Å²) in [5.41, 5.74) is 8.39. The van der Waals surface area contributed by atoms with Crippen LogP contribution in [0, 0.1) is 16.7 Å². The van der Waals surface area contributed by atoms with Crippen molar-refractivity contribution in [3.63, 3.8) is 0 Å². The Kier molecular flexibility index (Phi) is 5.67. The lowest BCUT2D eigenvalue weighted by Crippen LogP contribution is -2.33. The third-order valence-electron chi connectivity index (χ3n) is 5.83. The van der Waals surface area contributed by atoms with Crippen molar-refractivity contribution in [1.82, 2.24) is 0 Å². The average Bonchev–Trinajstić information content (AvgIpc) is 2.76. The number of ketones is 1. The average molecular weight is 431 g/mol. The number of benzene rings is 2. The lowest BCUT2D eigenvalue weighted by Gasteiger charge is -2.37. The summed E-state index contributed by atoms with van der Waals surface area (Å²) in [6, 6.07) is 17.4. The summed E-state index contributed by atoms with van der Waals surface area (Å²) in [6.45, 7) is 4.44. The van der Waals surface area contributed by atoms with Gasteiger partial charge in [0, 0.05) is 18.4 Å². The molecule has 6 nitrogen and oxygen atoms in total. The van der Waals surface area contributed by atoms with Gasteiger partial charge < -0.3 is 19.9 Å². The van der Waals surface area contributed by atoms with Crippen LogP contribution in [0.3, 0.4) is 0 Å². The monoisotopic (exact) mass is 430 g/mol. The summed E-state index contributed by atoms with van der Waals surface area (Å²) in [5, 5.41) is 9.81. The zero-order chi connectivity index (χ0) is 22.9. The van der Waals surface area contributed by atoms with Crippen molar-refractivity contribution in [2.75, 3.05) is 7.11 Å². The minimum absolute atomic E-state index is 0.0233. The first-order valence-electron chi connectivity index (χ1n) is 10.5. The first-order valence-corrected chi connectivity index (χ1v) is 10.5. The van der Waals surface area contributed by atoms with Crippen LogP contribution >= 0.6 is 0 Å². The molecule has 6 heteroatoms. The summed E-state index contributed by atoms with van der Waals surface area (Å²) < 4.78 is 17.3. The number of hydrogen-bond donors (Lipinski definition) is 1. The molecule has 2 aromatic rings. The minimum atomic E-state index is -0.593. The lowest BCUT2D eigenvalue weighted by molar-refractivity contribution is -0.119. The molecule has 1 unspecified atom stereocenters. The topological polar surface area (TPSA) is 94.6 Å². The van der Waals surface area contributed by atoms with E-state index < -0.39 is 5.92 Å². The van der Waals surface area contributed by atoms with Gasteiger partial charge >= 0.3 is 0 Å². The summed E-state index contributed by atoms with van der Waals surface area (Å²) >= 11 is 0. The fourth-order valence-electron chi connectivity index (χ4n) is 4.34. The summed E-state index contributed by atoms with van der Waals surface area (Å²) in [7, 11) is 1.56. The molecule has 1 atom stereocenters. The van der Waals surface area contributed by atoms with Crippen LogP contribution in [0.1, 0.15) is 43.7 Å². The van der Waals surface area contributed by atoms with E-state index in [4.69, 9.17) is 19.9 Å². The molecule has 2 N–H and O–H groups in total. The Labute approximate surface area is 187 Å². The van der Waals surface area contributed by atoms with Gasteiger partial charge in [-0.15, -0.1) is 0 Å². The first kappa shape index (κ1) is 21.5. The Morgan fingerprint density at radius 2 is 1.91 bits per heavy atom. The van der Waals surface area contributed by atoms with Gasteiger partial charge in [0.25, 0.3) is 0 Å². The van der Waals surface area contributed by atoms with Crippen molar-refractivity contribution in [2.45, 2.75) is 39.2 Å². The van der Waals surface area contributed by atoms with E-state index in [1.54, 1.807) is 19.2 Å². The van der Waals surface area contributed by atoms with E-state index >= 15 is 0 Å². The number of Topliss-reactive ketones (excluding diaryl/α,β-unsaturated/α-hetero) is 1. The molecule has 0 saturated carbocycles. The molecule has 0 saturated heterocycles. The van der Waals surface area contributed by atoms with Crippen LogP contribution < -0.4 is 15.2 Å². The van der Waals surface area contributed by atoms with Crippen LogP contribution in [0.4, 0.5) is 0 Å². The Morgan fingerprint density at radius 3 is 2.59 bits per heavy atom. The Bertz CT molecular complexity index is 1160. The minimum Gasteiger partial charge on any atom is -0.493 e. The highest BCUT2D eigenvalue weighted by Gasteiger charge is 2.43. The summed E-state index contributed by atoms with van der Waals surface area (Å²) in [5.74, 6) is 1.08. The number of ether oxygens (including phenoxy) is 3. The van der Waals surface area contributed by atoms with Gasteiger partial charge in [0.1, 0.15) is 24.0 Å². The second-order valence-electron chi connectivity index (χ2n) is 8.89. The Balaban J connectivity index is 1.71. The van der Waals surface area contributed by atoms with E-state index in [1.165, 1.54) is 0 Å². The maximum atomic E-state index is 13.1. The highest BCUT2D eigenvalue weighted by molar-refractivity contribution is 6.00. The molecule has 0 fully saturated rings. The van der Waals surface area contributed by atoms with Crippen molar-refractivity contribution in [3.8, 4) is 17.6 Å². The largest absolute Gasteiger partial charge is 0.493 e. The molecule has 164 valence electrons. The highest BCUT2D eigenvalue weighted by atomic mass is 16.5. The predicted molar refractivity (Wildman–Crippen MR) is 119 cm³/mol. The number of nitriles is 1. The lowest BCUT2D eigenvalue weighted by atomic mass is 9.70. The molecule has 0 radical (unpaired) electrons. The molecule has 4 rings (SSSR count). The van der Waals surface area contributed by atoms with E-state index in [-0.39, 0.29) is 22.7 Å². The molecule has 0 bridgehead atoms. The maximum absolute atomic E-state index is 13.1. The quantitative estimate of drug-likeness (QED) is 0.737. The number of allylic oxidation sites excluding steroid dienone is 3. The fraction of sp³-hybridized carbons (Fsp3) is 0.308. The van der Waals surface area contributed by atoms with Crippen molar-refractivity contribution in [2.24, 2.45) is 11.1 Å². The summed E-state index contributed by atoms with van der Waals surface area (Å²) in [4.78, 5) is 13.1. The molecular formula is C26H26N2O4. The number of carbonyl (C=O) groups is 1. The van der Waals surface area contributed by atoms with E-state index in [9.17, 15) is 10.1 Å². The van der Waals surface area contributed by atoms with Crippen LogP contribution in [0.2, 0.25) is 0 Å². The van der Waals surface area contributed by atoms with Crippen molar-refractivity contribution < 1.29 is 19.0 Å². The smallest absolute Gasteiger partial charge is 0.205 e. The number of rotatable bonds is 5. The SMILES string of the molecule is COc1cc(C2C(C#N)=C(N)OC3=C2C(=O)CC(C)(C)C3)ccc1OCc1ccccc1. The zero-order valence-corrected chi connectivity index (χ0v) is 18.5. The molecule has 1 aliphatic heterocycles. The summed E-state index contributed by atoms with van der Waals surface area (Å²) in [6.07, 6.45) is 0.971. The van der Waals surface area contributed by atoms with Gasteiger partial charge in [-0.3, -0.25) is 4.79 Å². The predicted octanol–water partition coefficient (Wildman–Crippen LogP) is 4.73. The van der Waals surface area contributed by atoms with Crippen molar-refractivity contribution in [1.29, 1.82) is 5.26 Å². The number of methoxy groups -OCH3 is 1. The molecule has 2 aromatic carbocycles. The Morgan fingerprint density at radius 1 is 1.16 bits per heavy atom. The van der Waals surface area contributed by atoms with Gasteiger partial charge in [0.15, 0.2) is 17.3 Å². The van der Waals surface area contributed by atoms with E-state index in [1.807, 2.05) is 50.2 Å². The normalized spacial score (nSPS) is 19.7. The molecule has 0 amide bonds. The van der Waals surface area contributed by atoms with Gasteiger partial charge in [-0.25, -0.2) is 0 Å². The van der Waals surface area contributed by atoms with E-state index in [0.29, 0.717) is 42.3 Å². The van der Waals surface area contributed by atoms with Crippen LogP contribution in [0.25, 0.3) is 0 Å². The fourth-order valence-corrected chi connectivity index (χ4v) is 4.34. The highest BCUT2D eigenvalue weighted by Crippen LogP contribution is 2.48. The van der Waals surface area contributed by atoms with Gasteiger partial charge in [-0.1, -0.05) is 50.2 Å². The van der Waals surface area contributed by atoms with Crippen molar-refractivity contribution in [3.05, 3.63) is 82.4 Å². The molecular weight excluding hydrogens is 404 g/mol. The van der Waals surface area contributed by atoms with Crippen molar-refractivity contribution >= 4 is 5.78 Å². The van der Waals surface area contributed by atoms with E-state index in [0.717, 1.165) is 11.1 Å². The molecule has 0 spiro atoms. The maximum Gasteiger partial charge on any atom is 0.205 e. The van der Waals surface area contributed by atoms with Gasteiger partial charge in [-0.2, -0.15) is 5.26 Å². The number of nitrogens with zero attached hydrogens (tertiary/aromatic N) is 1. The third kappa shape index (κ3) is 4.06. The van der Waals surface area contributed by atoms with E-state index in [2.05, 4.69) is 6.07 Å². The first-order chi connectivity index (χ1) is 15.3. The molecule has 0 aromatic heterocycles. The van der Waals surface area contributed by atoms with Crippen LogP contribution in [0.15, 0.2) is 71.3 Å². The van der Waals surface area contributed by atoms with Gasteiger partial charge in [0.05, 0.1) is 13.0 Å². The van der Waals surface area contributed by atoms with Gasteiger partial charge in [0.2, 0.25) is 5.88 Å². The molecule has 32 heavy (non-hydrogen) atoms. The second kappa shape index (κ2) is 8.43. The standard InChI is InChI=1S/C26H26N2O4/c1-26(2)12-19(29)24-22(13-26)32-25(28)18(14-27)23(24)17-9-10-20(21(11-17)30-3)31-15-16-7-5-4-6-8-16/h4-11,23H,12-13,15,28H2,1-3H3. The third-order valence-corrected chi connectivity index (χ3v) is 5.83. The molecule has 2 aliphatic rings. The zero-order valence-electron chi connectivity index (χ0n) is 18.5. The molecule has 1 aliphatic carbocycles. The number of nitrogens with two attached hydrogens (primary N) is 1. The van der Waals surface area contributed by atoms with Crippen LogP contribution in [-0.4, -0.2) is 12.9 Å². The Hall–Kier alpha value is -3.72. The molecule has 1 heterocycles. The van der Waals surface area contributed by atoms with Gasteiger partial charge in [-0.05, 0) is 28.7 Å². The van der Waals surface area contributed by atoms with Crippen LogP contribution in [-0.2, 0) is 16.1 Å². The number of hydrogen-bond acceptors (Lipinski definition) is 6. The second-order valence-corrected chi connectivity index (χ2v) is 8.89. The number of carbonyl (C=O) groups excluding carboxylic acids is 1.